The Morgan fingerprint density at radius 2 is 1.86 bits per heavy atom. The zero-order valence-corrected chi connectivity index (χ0v) is 12.8. The topological polar surface area (TPSA) is 93.7 Å². The van der Waals surface area contributed by atoms with Crippen molar-refractivity contribution in [1.29, 1.82) is 0 Å². The second-order valence-corrected chi connectivity index (χ2v) is 4.41. The summed E-state index contributed by atoms with van der Waals surface area (Å²) in [6.07, 6.45) is -0.907. The molecule has 1 aromatic carbocycles. The summed E-state index contributed by atoms with van der Waals surface area (Å²) in [5, 5.41) is 4.96. The van der Waals surface area contributed by atoms with Crippen LogP contribution in [0.25, 0.3) is 0 Å². The Kier molecular flexibility index (Phi) is 6.88. The Balaban J connectivity index is 2.50. The fraction of sp³-hybridized carbons (Fsp3) is 0.400. The van der Waals surface area contributed by atoms with Gasteiger partial charge in [-0.25, -0.2) is 0 Å². The predicted molar refractivity (Wildman–Crippen MR) is 79.6 cm³/mol. The molecule has 2 N–H and O–H groups in total. The highest BCUT2D eigenvalue weighted by Crippen LogP contribution is 2.16. The number of amides is 2. The van der Waals surface area contributed by atoms with Gasteiger partial charge in [-0.2, -0.15) is 0 Å². The third-order valence-corrected chi connectivity index (χ3v) is 2.77. The number of rotatable bonds is 7. The lowest BCUT2D eigenvalue weighted by molar-refractivity contribution is -0.153. The van der Waals surface area contributed by atoms with Gasteiger partial charge in [-0.15, -0.1) is 0 Å². The third kappa shape index (κ3) is 5.08. The third-order valence-electron chi connectivity index (χ3n) is 2.77. The maximum Gasteiger partial charge on any atom is 0.326 e. The van der Waals surface area contributed by atoms with Crippen LogP contribution in [0.4, 0.5) is 0 Å². The highest BCUT2D eigenvalue weighted by Gasteiger charge is 2.18. The van der Waals surface area contributed by atoms with Crippen molar-refractivity contribution in [2.45, 2.75) is 20.0 Å². The van der Waals surface area contributed by atoms with E-state index < -0.39 is 18.0 Å². The van der Waals surface area contributed by atoms with E-state index in [4.69, 9.17) is 9.47 Å². The average molecular weight is 308 g/mol. The highest BCUT2D eigenvalue weighted by atomic mass is 16.5. The van der Waals surface area contributed by atoms with E-state index in [1.165, 1.54) is 14.0 Å². The molecule has 120 valence electrons. The van der Waals surface area contributed by atoms with Gasteiger partial charge in [0.25, 0.3) is 11.8 Å². The summed E-state index contributed by atoms with van der Waals surface area (Å²) < 4.78 is 9.98. The predicted octanol–water partition coefficient (Wildman–Crippen LogP) is 0.493. The first-order chi connectivity index (χ1) is 10.5. The lowest BCUT2D eigenvalue weighted by Crippen LogP contribution is -2.38. The van der Waals surface area contributed by atoms with Gasteiger partial charge >= 0.3 is 5.97 Å². The summed E-state index contributed by atoms with van der Waals surface area (Å²) in [5.74, 6) is -1.13. The van der Waals surface area contributed by atoms with Crippen molar-refractivity contribution in [2.75, 3.05) is 20.2 Å². The smallest absolute Gasteiger partial charge is 0.326 e. The van der Waals surface area contributed by atoms with E-state index in [0.717, 1.165) is 0 Å². The summed E-state index contributed by atoms with van der Waals surface area (Å²) in [5.41, 5.74) is 0.314. The maximum atomic E-state index is 12.0. The van der Waals surface area contributed by atoms with E-state index in [2.05, 4.69) is 10.6 Å². The van der Waals surface area contributed by atoms with Gasteiger partial charge in [-0.05, 0) is 26.0 Å². The Labute approximate surface area is 129 Å². The normalized spacial score (nSPS) is 11.2. The van der Waals surface area contributed by atoms with Crippen LogP contribution in [-0.4, -0.2) is 44.1 Å². The molecule has 0 aliphatic heterocycles. The molecule has 0 bridgehead atoms. The van der Waals surface area contributed by atoms with Gasteiger partial charge in [0.2, 0.25) is 0 Å². The van der Waals surface area contributed by atoms with Crippen LogP contribution >= 0.6 is 0 Å². The molecule has 0 aliphatic carbocycles. The molecule has 1 aromatic rings. The number of methoxy groups -OCH3 is 1. The number of hydrogen-bond donors (Lipinski definition) is 2. The van der Waals surface area contributed by atoms with Crippen LogP contribution in [-0.2, 0) is 14.3 Å². The Morgan fingerprint density at radius 3 is 2.50 bits per heavy atom. The van der Waals surface area contributed by atoms with E-state index in [9.17, 15) is 14.4 Å². The number of carbonyl (C=O) groups excluding carboxylic acids is 3. The Morgan fingerprint density at radius 1 is 1.18 bits per heavy atom. The molecule has 22 heavy (non-hydrogen) atoms. The molecule has 0 unspecified atom stereocenters. The first-order valence-corrected chi connectivity index (χ1v) is 6.88. The van der Waals surface area contributed by atoms with Crippen LogP contribution in [0.5, 0.6) is 5.75 Å². The number of hydrogen-bond acceptors (Lipinski definition) is 5. The minimum Gasteiger partial charge on any atom is -0.496 e. The molecule has 0 saturated heterocycles. The zero-order valence-electron chi connectivity index (χ0n) is 12.8. The quantitative estimate of drug-likeness (QED) is 0.715. The van der Waals surface area contributed by atoms with Gasteiger partial charge in [-0.1, -0.05) is 12.1 Å². The molecular formula is C15H20N2O5. The fourth-order valence-electron chi connectivity index (χ4n) is 1.69. The van der Waals surface area contributed by atoms with Gasteiger partial charge in [0.1, 0.15) is 12.3 Å². The van der Waals surface area contributed by atoms with Crippen LogP contribution in [0.1, 0.15) is 24.2 Å². The van der Waals surface area contributed by atoms with E-state index in [1.54, 1.807) is 31.2 Å². The summed E-state index contributed by atoms with van der Waals surface area (Å²) in [6.45, 7) is 3.34. The molecule has 2 amide bonds. The molecule has 1 rings (SSSR count). The molecule has 7 nitrogen and oxygen atoms in total. The first-order valence-electron chi connectivity index (χ1n) is 6.88. The lowest BCUT2D eigenvalue weighted by atomic mass is 10.2. The monoisotopic (exact) mass is 308 g/mol. The van der Waals surface area contributed by atoms with Gasteiger partial charge in [0, 0.05) is 6.54 Å². The van der Waals surface area contributed by atoms with Crippen LogP contribution in [0, 0.1) is 0 Å². The number of ether oxygens (including phenoxy) is 2. The van der Waals surface area contributed by atoms with Crippen LogP contribution in [0.15, 0.2) is 24.3 Å². The van der Waals surface area contributed by atoms with Crippen molar-refractivity contribution in [1.82, 2.24) is 10.6 Å². The van der Waals surface area contributed by atoms with Crippen molar-refractivity contribution in [3.05, 3.63) is 29.8 Å². The highest BCUT2D eigenvalue weighted by molar-refractivity contribution is 5.98. The van der Waals surface area contributed by atoms with Crippen LogP contribution < -0.4 is 15.4 Å². The molecule has 0 radical (unpaired) electrons. The van der Waals surface area contributed by atoms with E-state index >= 15 is 0 Å². The molecule has 0 aromatic heterocycles. The maximum absolute atomic E-state index is 12.0. The number of likely N-dealkylation sites (N-methyl/N-ethyl adjacent to an activating group) is 1. The lowest BCUT2D eigenvalue weighted by Gasteiger charge is -2.13. The Bertz CT molecular complexity index is 544. The second kappa shape index (κ2) is 8.66. The molecule has 0 fully saturated rings. The second-order valence-electron chi connectivity index (χ2n) is 4.41. The van der Waals surface area contributed by atoms with Crippen LogP contribution in [0.2, 0.25) is 0 Å². The molecular weight excluding hydrogens is 288 g/mol. The largest absolute Gasteiger partial charge is 0.496 e. The minimum absolute atomic E-state index is 0.314. The fourth-order valence-corrected chi connectivity index (χ4v) is 1.69. The van der Waals surface area contributed by atoms with E-state index in [0.29, 0.717) is 17.9 Å². The number of carbonyl (C=O) groups is 3. The average Bonchev–Trinajstić information content (AvgIpc) is 2.52. The molecule has 1 atom stereocenters. The Hall–Kier alpha value is -2.57. The van der Waals surface area contributed by atoms with Gasteiger partial charge < -0.3 is 20.1 Å². The van der Waals surface area contributed by atoms with Gasteiger partial charge in [-0.3, -0.25) is 14.4 Å². The van der Waals surface area contributed by atoms with Crippen molar-refractivity contribution in [3.8, 4) is 5.75 Å². The minimum atomic E-state index is -0.907. The van der Waals surface area contributed by atoms with Crippen molar-refractivity contribution >= 4 is 17.8 Å². The van der Waals surface area contributed by atoms with Crippen molar-refractivity contribution < 1.29 is 23.9 Å². The number of para-hydroxylation sites is 1. The first kappa shape index (κ1) is 17.5. The summed E-state index contributed by atoms with van der Waals surface area (Å²) in [6, 6.07) is 6.64. The number of nitrogens with one attached hydrogen (secondary N) is 2. The van der Waals surface area contributed by atoms with Crippen molar-refractivity contribution in [2.24, 2.45) is 0 Å². The summed E-state index contributed by atoms with van der Waals surface area (Å²) in [4.78, 5) is 35.0. The molecule has 0 saturated carbocycles. The van der Waals surface area contributed by atoms with Crippen molar-refractivity contribution in [3.63, 3.8) is 0 Å². The van der Waals surface area contributed by atoms with Gasteiger partial charge in [0.15, 0.2) is 6.10 Å². The van der Waals surface area contributed by atoms with E-state index in [1.807, 2.05) is 0 Å². The number of benzene rings is 1. The van der Waals surface area contributed by atoms with E-state index in [-0.39, 0.29) is 12.5 Å². The molecule has 0 spiro atoms. The zero-order chi connectivity index (χ0) is 16.5. The van der Waals surface area contributed by atoms with Crippen LogP contribution in [0.3, 0.4) is 0 Å². The van der Waals surface area contributed by atoms with Gasteiger partial charge in [0.05, 0.1) is 12.7 Å². The molecule has 7 heteroatoms. The number of esters is 1. The standard InChI is InChI=1S/C15H20N2O5/c1-4-16-14(19)10(2)22-13(18)9-17-15(20)11-7-5-6-8-12(11)21-3/h5-8,10H,4,9H2,1-3H3,(H,16,19)(H,17,20)/t10-/m0/s1. The molecule has 0 heterocycles. The summed E-state index contributed by atoms with van der Waals surface area (Å²) >= 11 is 0. The molecule has 0 aliphatic rings. The SMILES string of the molecule is CCNC(=O)[C@H](C)OC(=O)CNC(=O)c1ccccc1OC. The summed E-state index contributed by atoms with van der Waals surface area (Å²) in [7, 11) is 1.45.